The molecule has 0 saturated carbocycles. The maximum atomic E-state index is 13.8. The van der Waals surface area contributed by atoms with Crippen molar-refractivity contribution in [2.24, 2.45) is 11.7 Å². The number of hydrogen-bond acceptors (Lipinski definition) is 4. The summed E-state index contributed by atoms with van der Waals surface area (Å²) in [6.07, 6.45) is 2.62. The molecule has 0 bridgehead atoms. The lowest BCUT2D eigenvalue weighted by molar-refractivity contribution is 0.0409. The number of amides is 2. The SMILES string of the molecule is CC(C)Cc1nc2c(c(-c3ccc4c(c3)CCC4OCc3ccc(F)c(F)c3)c1C(N)=O)C(=O)NC(Cc1ccc(F)cc1)C2. The van der Waals surface area contributed by atoms with Gasteiger partial charge in [-0.3, -0.25) is 14.6 Å². The highest BCUT2D eigenvalue weighted by atomic mass is 19.2. The van der Waals surface area contributed by atoms with E-state index in [-0.39, 0.29) is 42.0 Å². The van der Waals surface area contributed by atoms with E-state index in [1.807, 2.05) is 32.0 Å². The Balaban J connectivity index is 1.35. The Kier molecular flexibility index (Phi) is 8.46. The molecule has 2 atom stereocenters. The van der Waals surface area contributed by atoms with Crippen LogP contribution in [0.4, 0.5) is 13.2 Å². The molecule has 1 aliphatic heterocycles. The first-order valence-corrected chi connectivity index (χ1v) is 15.2. The second-order valence-electron chi connectivity index (χ2n) is 12.3. The minimum atomic E-state index is -0.916. The molecule has 2 heterocycles. The first-order chi connectivity index (χ1) is 21.6. The van der Waals surface area contributed by atoms with Crippen molar-refractivity contribution in [2.75, 3.05) is 0 Å². The molecule has 232 valence electrons. The fourth-order valence-corrected chi connectivity index (χ4v) is 6.47. The van der Waals surface area contributed by atoms with Crippen LogP contribution in [0, 0.1) is 23.4 Å². The van der Waals surface area contributed by atoms with E-state index in [4.69, 9.17) is 15.5 Å². The third-order valence-corrected chi connectivity index (χ3v) is 8.48. The molecular weight excluding hydrogens is 579 g/mol. The smallest absolute Gasteiger partial charge is 0.254 e. The molecule has 9 heteroatoms. The Morgan fingerprint density at radius 3 is 2.47 bits per heavy atom. The van der Waals surface area contributed by atoms with Crippen molar-refractivity contribution in [3.05, 3.63) is 123 Å². The summed E-state index contributed by atoms with van der Waals surface area (Å²) in [7, 11) is 0. The number of ether oxygens (including phenoxy) is 1. The number of primary amides is 1. The number of hydrogen-bond donors (Lipinski definition) is 2. The summed E-state index contributed by atoms with van der Waals surface area (Å²) >= 11 is 0. The quantitative estimate of drug-likeness (QED) is 0.224. The molecule has 1 aromatic heterocycles. The maximum Gasteiger partial charge on any atom is 0.254 e. The summed E-state index contributed by atoms with van der Waals surface area (Å²) in [6, 6.07) is 15.5. The van der Waals surface area contributed by atoms with Crippen LogP contribution < -0.4 is 11.1 Å². The Morgan fingerprint density at radius 1 is 1.00 bits per heavy atom. The largest absolute Gasteiger partial charge is 0.369 e. The van der Waals surface area contributed by atoms with Crippen LogP contribution in [-0.4, -0.2) is 22.8 Å². The molecule has 6 nitrogen and oxygen atoms in total. The Hall–Kier alpha value is -4.50. The minimum absolute atomic E-state index is 0.130. The average molecular weight is 614 g/mol. The van der Waals surface area contributed by atoms with Crippen molar-refractivity contribution in [1.29, 1.82) is 0 Å². The van der Waals surface area contributed by atoms with Crippen LogP contribution in [0.3, 0.4) is 0 Å². The number of pyridine rings is 1. The van der Waals surface area contributed by atoms with Crippen LogP contribution >= 0.6 is 0 Å². The lowest BCUT2D eigenvalue weighted by Gasteiger charge is -2.29. The summed E-state index contributed by atoms with van der Waals surface area (Å²) in [5.74, 6) is -2.94. The van der Waals surface area contributed by atoms with Gasteiger partial charge in [-0.15, -0.1) is 0 Å². The lowest BCUT2D eigenvalue weighted by atomic mass is 9.84. The number of nitrogens with two attached hydrogens (primary N) is 1. The number of carbonyl (C=O) groups is 2. The standard InChI is InChI=1S/C36H34F3N3O3/c1-19(2)13-29-33(35(40)43)32(34-30(42-29)17-25(41-36(34)44)14-20-3-8-24(37)9-4-20)23-6-10-26-22(16-23)7-12-31(26)45-18-21-5-11-27(38)28(39)15-21/h3-6,8-11,15-16,19,25,31H,7,12-14,17-18H2,1-2H3,(H2,40,43)(H,41,44). The normalized spacial score (nSPS) is 17.2. The molecule has 1 aliphatic carbocycles. The number of nitrogens with one attached hydrogen (secondary N) is 1. The average Bonchev–Trinajstić information content (AvgIpc) is 3.40. The van der Waals surface area contributed by atoms with Crippen molar-refractivity contribution in [3.63, 3.8) is 0 Å². The molecule has 2 unspecified atom stereocenters. The predicted molar refractivity (Wildman–Crippen MR) is 164 cm³/mol. The highest BCUT2D eigenvalue weighted by Crippen LogP contribution is 2.40. The van der Waals surface area contributed by atoms with Crippen molar-refractivity contribution < 1.29 is 27.5 Å². The molecule has 3 N–H and O–H groups in total. The maximum absolute atomic E-state index is 13.8. The van der Waals surface area contributed by atoms with Crippen LogP contribution in [0.2, 0.25) is 0 Å². The number of aromatic nitrogens is 1. The van der Waals surface area contributed by atoms with Crippen LogP contribution in [0.1, 0.15) is 80.7 Å². The van der Waals surface area contributed by atoms with Gasteiger partial charge < -0.3 is 15.8 Å². The summed E-state index contributed by atoms with van der Waals surface area (Å²) in [4.78, 5) is 31.7. The molecule has 45 heavy (non-hydrogen) atoms. The van der Waals surface area contributed by atoms with Gasteiger partial charge in [0.25, 0.3) is 11.8 Å². The van der Waals surface area contributed by atoms with Crippen LogP contribution in [0.15, 0.2) is 60.7 Å². The van der Waals surface area contributed by atoms with Crippen molar-refractivity contribution in [3.8, 4) is 11.1 Å². The zero-order valence-electron chi connectivity index (χ0n) is 25.1. The third kappa shape index (κ3) is 6.35. The van der Waals surface area contributed by atoms with E-state index >= 15 is 0 Å². The molecule has 4 aromatic rings. The van der Waals surface area contributed by atoms with Gasteiger partial charge in [-0.2, -0.15) is 0 Å². The van der Waals surface area contributed by atoms with Gasteiger partial charge in [-0.05, 0) is 83.7 Å². The molecule has 0 fully saturated rings. The van der Waals surface area contributed by atoms with Crippen LogP contribution in [-0.2, 0) is 37.0 Å². The Morgan fingerprint density at radius 2 is 1.76 bits per heavy atom. The van der Waals surface area contributed by atoms with Gasteiger partial charge in [0.2, 0.25) is 0 Å². The van der Waals surface area contributed by atoms with Crippen molar-refractivity contribution >= 4 is 11.8 Å². The number of nitrogens with zero attached hydrogens (tertiary/aromatic N) is 1. The highest BCUT2D eigenvalue weighted by Gasteiger charge is 2.34. The van der Waals surface area contributed by atoms with E-state index in [2.05, 4.69) is 5.32 Å². The predicted octanol–water partition coefficient (Wildman–Crippen LogP) is 6.56. The zero-order valence-corrected chi connectivity index (χ0v) is 25.1. The second-order valence-corrected chi connectivity index (χ2v) is 12.3. The molecule has 2 aliphatic rings. The van der Waals surface area contributed by atoms with Gasteiger partial charge in [0.1, 0.15) is 5.82 Å². The fourth-order valence-electron chi connectivity index (χ4n) is 6.47. The second kappa shape index (κ2) is 12.5. The lowest BCUT2D eigenvalue weighted by Crippen LogP contribution is -2.44. The van der Waals surface area contributed by atoms with Crippen LogP contribution in [0.25, 0.3) is 11.1 Å². The number of rotatable bonds is 9. The first kappa shape index (κ1) is 30.5. The molecule has 3 aromatic carbocycles. The fraction of sp³-hybridized carbons (Fsp3) is 0.306. The Labute approximate surface area is 259 Å². The summed E-state index contributed by atoms with van der Waals surface area (Å²) < 4.78 is 46.6. The molecule has 2 amide bonds. The number of halogens is 3. The number of carbonyl (C=O) groups excluding carboxylic acids is 2. The van der Waals surface area contributed by atoms with Gasteiger partial charge >= 0.3 is 0 Å². The van der Waals surface area contributed by atoms with E-state index in [1.165, 1.54) is 18.2 Å². The Bertz CT molecular complexity index is 1790. The number of aryl methyl sites for hydroxylation is 1. The summed E-state index contributed by atoms with van der Waals surface area (Å²) in [5.41, 5.74) is 12.3. The first-order valence-electron chi connectivity index (χ1n) is 15.2. The monoisotopic (exact) mass is 613 g/mol. The minimum Gasteiger partial charge on any atom is -0.369 e. The van der Waals surface area contributed by atoms with E-state index in [0.29, 0.717) is 65.7 Å². The van der Waals surface area contributed by atoms with Gasteiger partial charge in [-0.25, -0.2) is 13.2 Å². The van der Waals surface area contributed by atoms with E-state index in [0.717, 1.165) is 28.8 Å². The molecule has 0 spiro atoms. The molecule has 6 rings (SSSR count). The van der Waals surface area contributed by atoms with Gasteiger partial charge in [0, 0.05) is 18.0 Å². The zero-order chi connectivity index (χ0) is 31.8. The molecule has 0 radical (unpaired) electrons. The van der Waals surface area contributed by atoms with Crippen molar-refractivity contribution in [2.45, 2.75) is 64.7 Å². The van der Waals surface area contributed by atoms with E-state index in [1.54, 1.807) is 12.1 Å². The highest BCUT2D eigenvalue weighted by molar-refractivity contribution is 6.10. The number of benzene rings is 3. The van der Waals surface area contributed by atoms with Gasteiger partial charge in [0.05, 0.1) is 35.2 Å². The van der Waals surface area contributed by atoms with E-state index in [9.17, 15) is 22.8 Å². The topological polar surface area (TPSA) is 94.3 Å². The summed E-state index contributed by atoms with van der Waals surface area (Å²) in [5, 5.41) is 3.08. The van der Waals surface area contributed by atoms with Crippen LogP contribution in [0.5, 0.6) is 0 Å². The van der Waals surface area contributed by atoms with Crippen molar-refractivity contribution in [1.82, 2.24) is 10.3 Å². The van der Waals surface area contributed by atoms with Gasteiger partial charge in [0.15, 0.2) is 11.6 Å². The third-order valence-electron chi connectivity index (χ3n) is 8.48. The van der Waals surface area contributed by atoms with E-state index < -0.39 is 17.5 Å². The number of fused-ring (bicyclic) bond motifs is 2. The summed E-state index contributed by atoms with van der Waals surface area (Å²) in [6.45, 7) is 4.20. The van der Waals surface area contributed by atoms with Gasteiger partial charge in [-0.1, -0.05) is 50.2 Å². The molecular formula is C36H34F3N3O3. The molecule has 0 saturated heterocycles.